The molecule has 3 rings (SSSR count). The van der Waals surface area contributed by atoms with Crippen molar-refractivity contribution in [1.82, 2.24) is 14.2 Å². The Labute approximate surface area is 126 Å². The number of aromatic nitrogens is 1. The highest BCUT2D eigenvalue weighted by Gasteiger charge is 2.31. The molecule has 2 heterocycles. The second-order valence-corrected chi connectivity index (χ2v) is 7.97. The molecule has 2 aliphatic rings. The van der Waals surface area contributed by atoms with E-state index in [1.54, 1.807) is 19.3 Å². The Morgan fingerprint density at radius 2 is 2.19 bits per heavy atom. The van der Waals surface area contributed by atoms with Crippen LogP contribution in [-0.4, -0.2) is 49.6 Å². The first-order chi connectivity index (χ1) is 9.98. The number of aryl methyl sites for hydroxylation is 1. The minimum absolute atomic E-state index is 0.0526. The lowest BCUT2D eigenvalue weighted by molar-refractivity contribution is 0.181. The number of rotatable bonds is 6. The van der Waals surface area contributed by atoms with E-state index < -0.39 is 10.0 Å². The van der Waals surface area contributed by atoms with Gasteiger partial charge in [0.2, 0.25) is 10.0 Å². The highest BCUT2D eigenvalue weighted by atomic mass is 32.2. The van der Waals surface area contributed by atoms with Crippen molar-refractivity contribution in [3.05, 3.63) is 18.0 Å². The third kappa shape index (κ3) is 3.15. The van der Waals surface area contributed by atoms with Crippen LogP contribution in [0.5, 0.6) is 0 Å². The smallest absolute Gasteiger partial charge is 0.244 e. The summed E-state index contributed by atoms with van der Waals surface area (Å²) in [6.45, 7) is 1.83. The van der Waals surface area contributed by atoms with E-state index in [-0.39, 0.29) is 6.04 Å². The molecule has 1 aromatic heterocycles. The summed E-state index contributed by atoms with van der Waals surface area (Å²) in [6, 6.07) is 2.33. The van der Waals surface area contributed by atoms with Crippen LogP contribution < -0.4 is 5.32 Å². The van der Waals surface area contributed by atoms with Gasteiger partial charge in [0.15, 0.2) is 0 Å². The van der Waals surface area contributed by atoms with E-state index in [0.717, 1.165) is 12.1 Å². The van der Waals surface area contributed by atoms with Gasteiger partial charge >= 0.3 is 0 Å². The number of hydrogen-bond donors (Lipinski definition) is 1. The molecule has 1 N–H and O–H groups in total. The second kappa shape index (κ2) is 5.72. The Morgan fingerprint density at radius 3 is 2.81 bits per heavy atom. The van der Waals surface area contributed by atoms with Crippen LogP contribution in [0.2, 0.25) is 0 Å². The molecule has 1 aliphatic carbocycles. The van der Waals surface area contributed by atoms with Gasteiger partial charge in [-0.15, -0.1) is 0 Å². The molecular weight excluding hydrogens is 290 g/mol. The average Bonchev–Trinajstić information content (AvgIpc) is 2.98. The maximum absolute atomic E-state index is 12.7. The summed E-state index contributed by atoms with van der Waals surface area (Å²) in [6.07, 6.45) is 4.91. The van der Waals surface area contributed by atoms with E-state index in [2.05, 4.69) is 5.32 Å². The minimum atomic E-state index is -3.44. The lowest BCUT2D eigenvalue weighted by Gasteiger charge is -2.21. The van der Waals surface area contributed by atoms with E-state index in [1.807, 2.05) is 11.6 Å². The van der Waals surface area contributed by atoms with Gasteiger partial charge in [0.05, 0.1) is 12.6 Å². The van der Waals surface area contributed by atoms with Gasteiger partial charge in [-0.2, -0.15) is 4.31 Å². The van der Waals surface area contributed by atoms with Crippen molar-refractivity contribution in [2.45, 2.75) is 42.8 Å². The number of nitrogens with zero attached hydrogens (tertiary/aromatic N) is 2. The molecule has 1 atom stereocenters. The third-order valence-electron chi connectivity index (χ3n) is 4.33. The molecule has 7 heteroatoms. The predicted octanol–water partition coefficient (Wildman–Crippen LogP) is 0.687. The molecule has 1 saturated heterocycles. The molecular formula is C14H23N3O3S. The van der Waals surface area contributed by atoms with E-state index in [0.29, 0.717) is 30.7 Å². The summed E-state index contributed by atoms with van der Waals surface area (Å²) < 4.78 is 34.0. The summed E-state index contributed by atoms with van der Waals surface area (Å²) in [7, 11) is 0.0909. The van der Waals surface area contributed by atoms with Crippen molar-refractivity contribution >= 4 is 10.0 Å². The zero-order valence-corrected chi connectivity index (χ0v) is 13.4. The van der Waals surface area contributed by atoms with Crippen molar-refractivity contribution in [2.75, 3.05) is 20.3 Å². The van der Waals surface area contributed by atoms with Crippen LogP contribution in [0.25, 0.3) is 0 Å². The summed E-state index contributed by atoms with van der Waals surface area (Å²) in [4.78, 5) is 0.368. The lowest BCUT2D eigenvalue weighted by atomic mass is 10.3. The zero-order valence-electron chi connectivity index (χ0n) is 12.6. The lowest BCUT2D eigenvalue weighted by Crippen LogP contribution is -2.37. The summed E-state index contributed by atoms with van der Waals surface area (Å²) >= 11 is 0. The van der Waals surface area contributed by atoms with Crippen LogP contribution in [0, 0.1) is 0 Å². The second-order valence-electron chi connectivity index (χ2n) is 5.97. The molecule has 0 radical (unpaired) electrons. The molecule has 0 spiro atoms. The largest absolute Gasteiger partial charge is 0.380 e. The van der Waals surface area contributed by atoms with Crippen LogP contribution in [-0.2, 0) is 28.4 Å². The highest BCUT2D eigenvalue weighted by Crippen LogP contribution is 2.23. The molecule has 2 fully saturated rings. The molecule has 0 bridgehead atoms. The monoisotopic (exact) mass is 313 g/mol. The first-order valence-corrected chi connectivity index (χ1v) is 8.87. The topological polar surface area (TPSA) is 63.6 Å². The van der Waals surface area contributed by atoms with E-state index in [4.69, 9.17) is 4.74 Å². The maximum atomic E-state index is 12.7. The Bertz CT molecular complexity index is 601. The maximum Gasteiger partial charge on any atom is 0.244 e. The minimum Gasteiger partial charge on any atom is -0.380 e. The van der Waals surface area contributed by atoms with Gasteiger partial charge in [-0.3, -0.25) is 0 Å². The van der Waals surface area contributed by atoms with Gasteiger partial charge in [0.1, 0.15) is 4.90 Å². The number of likely N-dealkylation sites (N-methyl/N-ethyl adjacent to an activating group) is 1. The normalized spacial score (nSPS) is 23.1. The standard InChI is InChI=1S/C14H23N3O3S/c1-16-9-14(7-13(16)8-15-11-3-4-11)21(18,19)17(2)12-5-6-20-10-12/h7,9,11-12,15H,3-6,8,10H2,1-2H3. The van der Waals surface area contributed by atoms with E-state index >= 15 is 0 Å². The first kappa shape index (κ1) is 15.0. The van der Waals surface area contributed by atoms with Crippen molar-refractivity contribution in [2.24, 2.45) is 7.05 Å². The molecule has 1 aromatic rings. The average molecular weight is 313 g/mol. The molecule has 1 saturated carbocycles. The van der Waals surface area contributed by atoms with E-state index in [1.165, 1.54) is 17.1 Å². The van der Waals surface area contributed by atoms with Gasteiger partial charge in [-0.25, -0.2) is 8.42 Å². The summed E-state index contributed by atoms with van der Waals surface area (Å²) in [5.41, 5.74) is 0.997. The predicted molar refractivity (Wildman–Crippen MR) is 79.4 cm³/mol. The van der Waals surface area contributed by atoms with Gasteiger partial charge in [0.25, 0.3) is 0 Å². The van der Waals surface area contributed by atoms with Crippen molar-refractivity contribution in [3.63, 3.8) is 0 Å². The number of hydrogen-bond acceptors (Lipinski definition) is 4. The summed E-state index contributed by atoms with van der Waals surface area (Å²) in [5, 5.41) is 3.41. The summed E-state index contributed by atoms with van der Waals surface area (Å²) in [5.74, 6) is 0. The van der Waals surface area contributed by atoms with Crippen molar-refractivity contribution < 1.29 is 13.2 Å². The van der Waals surface area contributed by atoms with Crippen LogP contribution in [0.3, 0.4) is 0 Å². The quantitative estimate of drug-likeness (QED) is 0.839. The Hall–Kier alpha value is -0.890. The third-order valence-corrected chi connectivity index (χ3v) is 6.20. The molecule has 21 heavy (non-hydrogen) atoms. The van der Waals surface area contributed by atoms with Crippen molar-refractivity contribution in [3.8, 4) is 0 Å². The number of ether oxygens (including phenoxy) is 1. The van der Waals surface area contributed by atoms with Crippen LogP contribution in [0.4, 0.5) is 0 Å². The van der Waals surface area contributed by atoms with Gasteiger partial charge in [0, 0.05) is 45.2 Å². The van der Waals surface area contributed by atoms with Gasteiger partial charge < -0.3 is 14.6 Å². The zero-order chi connectivity index (χ0) is 15.0. The molecule has 118 valence electrons. The Balaban J connectivity index is 1.76. The van der Waals surface area contributed by atoms with Crippen LogP contribution in [0.15, 0.2) is 17.2 Å². The van der Waals surface area contributed by atoms with Gasteiger partial charge in [-0.05, 0) is 25.3 Å². The van der Waals surface area contributed by atoms with Gasteiger partial charge in [-0.1, -0.05) is 0 Å². The Kier molecular flexibility index (Phi) is 4.09. The molecule has 1 unspecified atom stereocenters. The fourth-order valence-corrected chi connectivity index (χ4v) is 4.07. The van der Waals surface area contributed by atoms with E-state index in [9.17, 15) is 8.42 Å². The van der Waals surface area contributed by atoms with Crippen LogP contribution >= 0.6 is 0 Å². The Morgan fingerprint density at radius 1 is 1.43 bits per heavy atom. The van der Waals surface area contributed by atoms with Crippen molar-refractivity contribution in [1.29, 1.82) is 0 Å². The number of sulfonamides is 1. The fourth-order valence-electron chi connectivity index (χ4n) is 2.60. The highest BCUT2D eigenvalue weighted by molar-refractivity contribution is 7.89. The SMILES string of the molecule is CN(C1CCOC1)S(=O)(=O)c1cc(CNC2CC2)n(C)c1. The first-order valence-electron chi connectivity index (χ1n) is 7.43. The number of nitrogens with one attached hydrogen (secondary N) is 1. The molecule has 6 nitrogen and oxygen atoms in total. The molecule has 1 aliphatic heterocycles. The fraction of sp³-hybridized carbons (Fsp3) is 0.714. The molecule has 0 aromatic carbocycles. The van der Waals surface area contributed by atoms with Crippen LogP contribution in [0.1, 0.15) is 25.0 Å². The molecule has 0 amide bonds.